The van der Waals surface area contributed by atoms with E-state index in [1.807, 2.05) is 30.7 Å². The van der Waals surface area contributed by atoms with E-state index in [4.69, 9.17) is 29.0 Å². The minimum Gasteiger partial charge on any atom is -0.270 e. The van der Waals surface area contributed by atoms with Crippen LogP contribution in [0.25, 0.3) is 0 Å². The fourth-order valence-corrected chi connectivity index (χ4v) is 3.18. The van der Waals surface area contributed by atoms with Crippen molar-refractivity contribution in [3.05, 3.63) is 38.3 Å². The van der Waals surface area contributed by atoms with Crippen molar-refractivity contribution in [1.82, 2.24) is 15.2 Å². The normalized spacial score (nSPS) is 13.2. The third kappa shape index (κ3) is 2.55. The standard InChI is InChI=1S/C11H14Cl2N4S/c1-6(2)17-11(7(12)5-15-17)10(16-14)8-3-4-9(13)18-8/h3-6,10,16H,14H2,1-2H3. The van der Waals surface area contributed by atoms with Gasteiger partial charge in [0.25, 0.3) is 0 Å². The van der Waals surface area contributed by atoms with Crippen molar-refractivity contribution in [1.29, 1.82) is 0 Å². The van der Waals surface area contributed by atoms with Crippen LogP contribution in [0.4, 0.5) is 0 Å². The molecular weight excluding hydrogens is 291 g/mol. The summed E-state index contributed by atoms with van der Waals surface area (Å²) in [6.07, 6.45) is 1.64. The molecule has 2 aromatic rings. The quantitative estimate of drug-likeness (QED) is 0.672. The molecule has 0 bridgehead atoms. The van der Waals surface area contributed by atoms with Crippen molar-refractivity contribution >= 4 is 34.5 Å². The molecule has 0 aliphatic carbocycles. The van der Waals surface area contributed by atoms with Gasteiger partial charge in [-0.05, 0) is 26.0 Å². The van der Waals surface area contributed by atoms with Gasteiger partial charge < -0.3 is 0 Å². The van der Waals surface area contributed by atoms with E-state index in [1.165, 1.54) is 11.3 Å². The first-order valence-electron chi connectivity index (χ1n) is 5.48. The van der Waals surface area contributed by atoms with E-state index in [9.17, 15) is 0 Å². The molecule has 0 radical (unpaired) electrons. The van der Waals surface area contributed by atoms with Gasteiger partial charge in [0, 0.05) is 10.9 Å². The molecule has 98 valence electrons. The van der Waals surface area contributed by atoms with E-state index in [0.29, 0.717) is 5.02 Å². The van der Waals surface area contributed by atoms with E-state index >= 15 is 0 Å². The average molecular weight is 305 g/mol. The summed E-state index contributed by atoms with van der Waals surface area (Å²) in [5, 5.41) is 4.87. The molecule has 7 heteroatoms. The number of hydrazine groups is 1. The number of hydrogen-bond acceptors (Lipinski definition) is 4. The highest BCUT2D eigenvalue weighted by Crippen LogP contribution is 2.34. The van der Waals surface area contributed by atoms with Crippen molar-refractivity contribution in [3.63, 3.8) is 0 Å². The van der Waals surface area contributed by atoms with Gasteiger partial charge in [-0.1, -0.05) is 23.2 Å². The molecule has 0 aliphatic heterocycles. The zero-order valence-corrected chi connectivity index (χ0v) is 12.4. The molecule has 3 N–H and O–H groups in total. The van der Waals surface area contributed by atoms with Crippen LogP contribution < -0.4 is 11.3 Å². The maximum Gasteiger partial charge on any atom is 0.0985 e. The number of thiophene rings is 1. The van der Waals surface area contributed by atoms with Gasteiger partial charge in [-0.15, -0.1) is 11.3 Å². The Balaban J connectivity index is 2.47. The molecule has 0 saturated heterocycles. The van der Waals surface area contributed by atoms with Gasteiger partial charge in [0.1, 0.15) is 0 Å². The molecule has 2 heterocycles. The van der Waals surface area contributed by atoms with E-state index < -0.39 is 0 Å². The molecule has 1 unspecified atom stereocenters. The highest BCUT2D eigenvalue weighted by molar-refractivity contribution is 7.16. The molecule has 2 aromatic heterocycles. The van der Waals surface area contributed by atoms with Gasteiger partial charge in [-0.3, -0.25) is 10.5 Å². The molecule has 0 spiro atoms. The maximum atomic E-state index is 6.21. The molecular formula is C11H14Cl2N4S. The first-order valence-corrected chi connectivity index (χ1v) is 7.06. The Labute approximate surface area is 120 Å². The van der Waals surface area contributed by atoms with Crippen LogP contribution in [0.15, 0.2) is 18.3 Å². The summed E-state index contributed by atoms with van der Waals surface area (Å²) in [5.74, 6) is 5.66. The molecule has 4 nitrogen and oxygen atoms in total. The van der Waals surface area contributed by atoms with Crippen LogP contribution in [0.3, 0.4) is 0 Å². The zero-order valence-electron chi connectivity index (χ0n) is 10.0. The largest absolute Gasteiger partial charge is 0.270 e. The van der Waals surface area contributed by atoms with E-state index in [2.05, 4.69) is 10.5 Å². The number of nitrogens with one attached hydrogen (secondary N) is 1. The SMILES string of the molecule is CC(C)n1ncc(Cl)c1C(NN)c1ccc(Cl)s1. The van der Waals surface area contributed by atoms with Crippen LogP contribution in [0, 0.1) is 0 Å². The number of hydrogen-bond donors (Lipinski definition) is 2. The molecule has 1 atom stereocenters. The number of nitrogens with zero attached hydrogens (tertiary/aromatic N) is 2. The monoisotopic (exact) mass is 304 g/mol. The number of nitrogens with two attached hydrogens (primary N) is 1. The summed E-state index contributed by atoms with van der Waals surface area (Å²) in [5.41, 5.74) is 3.63. The van der Waals surface area contributed by atoms with Gasteiger partial charge in [0.15, 0.2) is 0 Å². The Morgan fingerprint density at radius 2 is 2.11 bits per heavy atom. The van der Waals surface area contributed by atoms with Crippen LogP contribution >= 0.6 is 34.5 Å². The molecule has 0 aromatic carbocycles. The lowest BCUT2D eigenvalue weighted by atomic mass is 10.1. The third-order valence-electron chi connectivity index (χ3n) is 2.59. The summed E-state index contributed by atoms with van der Waals surface area (Å²) < 4.78 is 2.58. The number of rotatable bonds is 4. The lowest BCUT2D eigenvalue weighted by Gasteiger charge is -2.19. The van der Waals surface area contributed by atoms with Gasteiger partial charge in [-0.25, -0.2) is 5.43 Å². The second-order valence-electron chi connectivity index (χ2n) is 4.16. The number of halogens is 2. The van der Waals surface area contributed by atoms with E-state index in [-0.39, 0.29) is 12.1 Å². The minimum atomic E-state index is -0.208. The van der Waals surface area contributed by atoms with Crippen molar-refractivity contribution in [3.8, 4) is 0 Å². The fourth-order valence-electron chi connectivity index (χ4n) is 1.81. The van der Waals surface area contributed by atoms with Gasteiger partial charge >= 0.3 is 0 Å². The lowest BCUT2D eigenvalue weighted by Crippen LogP contribution is -2.30. The summed E-state index contributed by atoms with van der Waals surface area (Å²) in [4.78, 5) is 1.01. The predicted octanol–water partition coefficient (Wildman–Crippen LogP) is 3.39. The van der Waals surface area contributed by atoms with Gasteiger partial charge in [-0.2, -0.15) is 5.10 Å². The molecule has 0 aliphatic rings. The molecule has 18 heavy (non-hydrogen) atoms. The fraction of sp³-hybridized carbons (Fsp3) is 0.364. The Morgan fingerprint density at radius 1 is 1.39 bits per heavy atom. The van der Waals surface area contributed by atoms with Crippen molar-refractivity contribution in [2.75, 3.05) is 0 Å². The van der Waals surface area contributed by atoms with Crippen LogP contribution in [0.5, 0.6) is 0 Å². The van der Waals surface area contributed by atoms with Crippen molar-refractivity contribution in [2.45, 2.75) is 25.9 Å². The van der Waals surface area contributed by atoms with Crippen LogP contribution in [0.1, 0.15) is 36.5 Å². The molecule has 0 fully saturated rings. The Hall–Kier alpha value is -0.590. The highest BCUT2D eigenvalue weighted by atomic mass is 35.5. The average Bonchev–Trinajstić information content (AvgIpc) is 2.88. The third-order valence-corrected chi connectivity index (χ3v) is 4.18. The zero-order chi connectivity index (χ0) is 13.3. The van der Waals surface area contributed by atoms with Gasteiger partial charge in [0.05, 0.1) is 27.3 Å². The molecule has 2 rings (SSSR count). The minimum absolute atomic E-state index is 0.207. The topological polar surface area (TPSA) is 55.9 Å². The summed E-state index contributed by atoms with van der Waals surface area (Å²) in [6, 6.07) is 3.78. The lowest BCUT2D eigenvalue weighted by molar-refractivity contribution is 0.478. The predicted molar refractivity (Wildman–Crippen MR) is 76.1 cm³/mol. The Bertz CT molecular complexity index is 535. The summed E-state index contributed by atoms with van der Waals surface area (Å²) in [6.45, 7) is 4.09. The second kappa shape index (κ2) is 5.59. The van der Waals surface area contributed by atoms with Crippen LogP contribution in [0.2, 0.25) is 9.36 Å². The number of aromatic nitrogens is 2. The first kappa shape index (κ1) is 13.8. The highest BCUT2D eigenvalue weighted by Gasteiger charge is 2.23. The van der Waals surface area contributed by atoms with Crippen LogP contribution in [-0.4, -0.2) is 9.78 Å². The summed E-state index contributed by atoms with van der Waals surface area (Å²) >= 11 is 13.6. The maximum absolute atomic E-state index is 6.21. The molecule has 0 amide bonds. The second-order valence-corrected chi connectivity index (χ2v) is 6.31. The summed E-state index contributed by atoms with van der Waals surface area (Å²) in [7, 11) is 0. The Kier molecular flexibility index (Phi) is 4.29. The van der Waals surface area contributed by atoms with Crippen molar-refractivity contribution < 1.29 is 0 Å². The first-order chi connectivity index (χ1) is 8.54. The van der Waals surface area contributed by atoms with E-state index in [1.54, 1.807) is 6.20 Å². The van der Waals surface area contributed by atoms with Crippen LogP contribution in [-0.2, 0) is 0 Å². The molecule has 0 saturated carbocycles. The Morgan fingerprint density at radius 3 is 2.61 bits per heavy atom. The van der Waals surface area contributed by atoms with Crippen molar-refractivity contribution in [2.24, 2.45) is 5.84 Å². The van der Waals surface area contributed by atoms with Gasteiger partial charge in [0.2, 0.25) is 0 Å². The smallest absolute Gasteiger partial charge is 0.0985 e. The van der Waals surface area contributed by atoms with E-state index in [0.717, 1.165) is 14.9 Å².